The van der Waals surface area contributed by atoms with Crippen LogP contribution in [0, 0.1) is 5.92 Å². The predicted octanol–water partition coefficient (Wildman–Crippen LogP) is -2.17. The quantitative estimate of drug-likeness (QED) is 0.0393. The highest BCUT2D eigenvalue weighted by atomic mass is 33.1. The van der Waals surface area contributed by atoms with Crippen LogP contribution in [0.4, 0.5) is 0 Å². The third-order valence-electron chi connectivity index (χ3n) is 17.3. The molecule has 2 fully saturated rings. The number of nitrogens with zero attached hydrogens (tertiary/aromatic N) is 1. The first kappa shape index (κ1) is 87.6. The van der Waals surface area contributed by atoms with Crippen LogP contribution < -0.4 is 70.0 Å². The summed E-state index contributed by atoms with van der Waals surface area (Å²) >= 11 is 0. The molecule has 2 aromatic rings. The Morgan fingerprint density at radius 3 is 1.45 bits per heavy atom. The summed E-state index contributed by atoms with van der Waals surface area (Å²) in [6, 6.07) is -9.11. The van der Waals surface area contributed by atoms with Crippen LogP contribution in [0.25, 0.3) is 0 Å². The molecule has 0 saturated carbocycles. The SMILES string of the molecule is CCCC[C@@H]1NC(=O)[C@H](CCC(=O)O)NC(=O)[C@H](C)NC(=O)[C@H](C(C)C)NC(=O)[C@H](CCCC)NC(=O)[C@H](Cc2ccc(O)cc2)NC(=O)[C@H](CCCCN)NC(=O)[C@H](Cc2ccc(O)cc2)NC(=O)[C@H]([C@@H](C)O)NC(=O)[C@@H](NC(=O)[C@@H]2CCCN2C(=O)[C@@H](N)[C@@H](C)O)CSSC[C@@H](C(=O)O)NC1=O. The third kappa shape index (κ3) is 28.7. The van der Waals surface area contributed by atoms with Crippen LogP contribution in [0.5, 0.6) is 11.5 Å². The number of aliphatic hydroxyl groups excluding tert-OH is 2. The molecule has 0 radical (unpaired) electrons. The Bertz CT molecular complexity index is 3260. The van der Waals surface area contributed by atoms with E-state index >= 15 is 0 Å². The molecule has 2 aromatic carbocycles. The molecule has 2 heterocycles. The van der Waals surface area contributed by atoms with Crippen molar-refractivity contribution in [3.05, 3.63) is 59.7 Å². The van der Waals surface area contributed by atoms with E-state index in [1.807, 2.05) is 6.92 Å². The first-order valence-electron chi connectivity index (χ1n) is 34.9. The molecular weight excluding hydrogens is 1400 g/mol. The van der Waals surface area contributed by atoms with Crippen molar-refractivity contribution in [2.45, 2.75) is 236 Å². The maximum atomic E-state index is 14.9. The van der Waals surface area contributed by atoms with Crippen molar-refractivity contribution >= 4 is 104 Å². The molecule has 2 aliphatic rings. The number of rotatable bonds is 24. The Balaban J connectivity index is 1.90. The molecule has 0 bridgehead atoms. The van der Waals surface area contributed by atoms with Gasteiger partial charge >= 0.3 is 11.9 Å². The van der Waals surface area contributed by atoms with Gasteiger partial charge in [-0.25, -0.2) is 4.79 Å². The maximum Gasteiger partial charge on any atom is 0.327 e. The minimum absolute atomic E-state index is 0.00843. The molecule has 2 aliphatic heterocycles. The average Bonchev–Trinajstić information content (AvgIpc) is 1.63. The second-order valence-electron chi connectivity index (χ2n) is 26.3. The van der Waals surface area contributed by atoms with Crippen LogP contribution in [0.1, 0.15) is 143 Å². The Kier molecular flexibility index (Phi) is 37.1. The smallest absolute Gasteiger partial charge is 0.327 e. The molecule has 2 saturated heterocycles. The summed E-state index contributed by atoms with van der Waals surface area (Å²) in [6.07, 6.45) is -2.66. The highest BCUT2D eigenvalue weighted by molar-refractivity contribution is 8.76. The van der Waals surface area contributed by atoms with E-state index < -0.39 is 204 Å². The summed E-state index contributed by atoms with van der Waals surface area (Å²) in [6.45, 7) is 10.6. The van der Waals surface area contributed by atoms with Crippen LogP contribution in [0.15, 0.2) is 48.5 Å². The van der Waals surface area contributed by atoms with Crippen molar-refractivity contribution in [1.29, 1.82) is 0 Å². The topological polar surface area (TPSA) is 548 Å². The number of nitrogens with two attached hydrogens (primary N) is 2. The highest BCUT2D eigenvalue weighted by Crippen LogP contribution is 2.26. The van der Waals surface area contributed by atoms with Gasteiger partial charge in [-0.3, -0.25) is 62.3 Å². The number of carboxylic acid groups (broad SMARTS) is 2. The first-order chi connectivity index (χ1) is 49.2. The number of hydrogen-bond acceptors (Lipinski definition) is 22. The number of carbonyl (C=O) groups is 14. The van der Waals surface area contributed by atoms with Crippen LogP contribution in [0.2, 0.25) is 0 Å². The second kappa shape index (κ2) is 44.1. The van der Waals surface area contributed by atoms with Crippen molar-refractivity contribution < 1.29 is 97.8 Å². The number of aliphatic carboxylic acids is 2. The lowest BCUT2D eigenvalue weighted by Crippen LogP contribution is -2.62. The molecule has 36 heteroatoms. The van der Waals surface area contributed by atoms with E-state index in [0.717, 1.165) is 33.4 Å². The molecule has 0 unspecified atom stereocenters. The van der Waals surface area contributed by atoms with Crippen molar-refractivity contribution in [2.75, 3.05) is 24.6 Å². The monoisotopic (exact) mass is 1500 g/mol. The van der Waals surface area contributed by atoms with Gasteiger partial charge in [0.1, 0.15) is 90.0 Å². The molecule has 12 amide bonds. The van der Waals surface area contributed by atoms with Gasteiger partial charge in [0.05, 0.1) is 12.2 Å². The summed E-state index contributed by atoms with van der Waals surface area (Å²) in [5, 5.41) is 90.1. The summed E-state index contributed by atoms with van der Waals surface area (Å²) in [7, 11) is 1.58. The van der Waals surface area contributed by atoms with Crippen LogP contribution in [-0.4, -0.2) is 234 Å². The third-order valence-corrected chi connectivity index (χ3v) is 19.8. The molecule has 4 rings (SSSR count). The Morgan fingerprint density at radius 2 is 0.981 bits per heavy atom. The normalized spacial score (nSPS) is 25.6. The Labute approximate surface area is 611 Å². The number of unbranched alkanes of at least 4 members (excludes halogenated alkanes) is 3. The Hall–Kier alpha value is -8.84. The summed E-state index contributed by atoms with van der Waals surface area (Å²) in [5.74, 6) is -16.5. The van der Waals surface area contributed by atoms with Crippen molar-refractivity contribution in [2.24, 2.45) is 17.4 Å². The van der Waals surface area contributed by atoms with Gasteiger partial charge in [0.2, 0.25) is 70.9 Å². The molecule has 0 spiro atoms. The van der Waals surface area contributed by atoms with E-state index in [9.17, 15) is 97.8 Å². The minimum Gasteiger partial charge on any atom is -0.508 e. The van der Waals surface area contributed by atoms with Gasteiger partial charge in [0.15, 0.2) is 0 Å². The number of benzene rings is 2. The molecule has 578 valence electrons. The zero-order valence-electron chi connectivity index (χ0n) is 59.6. The Morgan fingerprint density at radius 1 is 0.548 bits per heavy atom. The lowest BCUT2D eigenvalue weighted by molar-refractivity contribution is -0.142. The number of likely N-dealkylation sites (tertiary alicyclic amines) is 1. The fourth-order valence-electron chi connectivity index (χ4n) is 11.1. The van der Waals surface area contributed by atoms with Gasteiger partial charge in [0.25, 0.3) is 0 Å². The lowest BCUT2D eigenvalue weighted by Gasteiger charge is -2.30. The molecule has 15 atom stereocenters. The summed E-state index contributed by atoms with van der Waals surface area (Å²) in [4.78, 5) is 198. The molecule has 21 N–H and O–H groups in total. The van der Waals surface area contributed by atoms with Crippen LogP contribution in [0.3, 0.4) is 0 Å². The van der Waals surface area contributed by atoms with Gasteiger partial charge in [0, 0.05) is 37.3 Å². The van der Waals surface area contributed by atoms with E-state index in [1.165, 1.54) is 62.4 Å². The van der Waals surface area contributed by atoms with E-state index in [-0.39, 0.29) is 76.0 Å². The van der Waals surface area contributed by atoms with Gasteiger partial charge in [-0.15, -0.1) is 0 Å². The van der Waals surface area contributed by atoms with Crippen molar-refractivity contribution in [1.82, 2.24) is 63.4 Å². The van der Waals surface area contributed by atoms with Crippen LogP contribution >= 0.6 is 21.6 Å². The predicted molar refractivity (Wildman–Crippen MR) is 383 cm³/mol. The second-order valence-corrected chi connectivity index (χ2v) is 28.8. The number of amides is 12. The van der Waals surface area contributed by atoms with Crippen LogP contribution in [-0.2, 0) is 80.0 Å². The van der Waals surface area contributed by atoms with Gasteiger partial charge < -0.3 is 105 Å². The number of hydrogen-bond donors (Lipinski definition) is 19. The number of carboxylic acids is 2. The summed E-state index contributed by atoms with van der Waals surface area (Å²) < 4.78 is 0. The van der Waals surface area contributed by atoms with E-state index in [1.54, 1.807) is 20.8 Å². The van der Waals surface area contributed by atoms with Gasteiger partial charge in [-0.2, -0.15) is 0 Å². The maximum absolute atomic E-state index is 14.9. The largest absolute Gasteiger partial charge is 0.508 e. The number of aliphatic hydroxyl groups is 2. The highest BCUT2D eigenvalue weighted by Gasteiger charge is 2.41. The molecule has 0 aromatic heterocycles. The number of aromatic hydroxyl groups is 2. The average molecular weight is 1500 g/mol. The first-order valence-corrected chi connectivity index (χ1v) is 37.4. The molecule has 34 nitrogen and oxygen atoms in total. The molecule has 104 heavy (non-hydrogen) atoms. The lowest BCUT2D eigenvalue weighted by atomic mass is 10.00. The minimum atomic E-state index is -1.95. The number of phenolic OH excluding ortho intramolecular Hbond substituents is 2. The van der Waals surface area contributed by atoms with Crippen molar-refractivity contribution in [3.8, 4) is 11.5 Å². The van der Waals surface area contributed by atoms with E-state index in [4.69, 9.17) is 11.5 Å². The number of phenols is 2. The van der Waals surface area contributed by atoms with E-state index in [2.05, 4.69) is 58.5 Å². The van der Waals surface area contributed by atoms with E-state index in [0.29, 0.717) is 43.2 Å². The van der Waals surface area contributed by atoms with Gasteiger partial charge in [-0.1, -0.05) is 99.2 Å². The zero-order chi connectivity index (χ0) is 77.5. The van der Waals surface area contributed by atoms with Crippen molar-refractivity contribution in [3.63, 3.8) is 0 Å². The fraction of sp³-hybridized carbons (Fsp3) is 0.618. The fourth-order valence-corrected chi connectivity index (χ4v) is 13.4. The number of carbonyl (C=O) groups excluding carboxylic acids is 12. The molecule has 0 aliphatic carbocycles. The van der Waals surface area contributed by atoms with Gasteiger partial charge in [-0.05, 0) is 120 Å². The summed E-state index contributed by atoms with van der Waals surface area (Å²) in [5.41, 5.74) is 12.6. The zero-order valence-corrected chi connectivity index (χ0v) is 61.2. The number of nitrogens with one attached hydrogen (secondary N) is 11. The standard InChI is InChI=1S/C68H104N14O20S2/c1-8-10-15-43-58(91)79-50(68(101)102)34-104-103-33-49(78-64(97)51-18-14-30-82(51)67(100)53(70)37(6)83)63(96)81-55(38(7)84)66(99)77-48(32-40-21-25-42(86)26-22-40)62(95)75-45(17-12-13-29-69)57(90)76-47(31-39-19-23-41(85)24-20-39)61(94)74-44(16-11-9-2)60(93)80-54(35(3)4)65(98)71-36(5)56(89)72-46(59(92)73-43)27-28-52(87)88/h19-26,35-38,43-51,53-55,83-86H,8-18,27-34,69-70H2,1-7H3,(H,71,98)(H,72,89)(H,73,92)(H,74,94)(H,75,95)(H,76,90)(H,77,99)(H,78,97)(H,79,91)(H,80,93)(H,81,96)(H,87,88)(H,101,102)/t36-,37+,38+,43-,44-,45-,46-,47-,48-,49-,50-,51-,53-,54-,55-/m0/s1. The molecular formula is C68H104N14O20S2.